The maximum atomic E-state index is 13.4. The van der Waals surface area contributed by atoms with Crippen LogP contribution >= 0.6 is 11.6 Å². The standard InChI is InChI=1S/C23H24ClN3O4S/c24-19-6-3-16(4-7-19)23(29)25-10-12-26(13-11-25)32(30,31)20-14-17-2-1-9-27-21(28)8-5-18(15-20)22(17)27/h3-4,6-7,14-15H,1-2,5,8-13H2. The van der Waals surface area contributed by atoms with E-state index in [2.05, 4.69) is 0 Å². The number of carbonyl (C=O) groups is 2. The molecule has 2 amide bonds. The fourth-order valence-electron chi connectivity index (χ4n) is 4.83. The van der Waals surface area contributed by atoms with Crippen LogP contribution in [0.1, 0.15) is 34.3 Å². The van der Waals surface area contributed by atoms with Crippen molar-refractivity contribution in [1.82, 2.24) is 9.21 Å². The average molecular weight is 474 g/mol. The van der Waals surface area contributed by atoms with E-state index in [4.69, 9.17) is 11.6 Å². The minimum absolute atomic E-state index is 0.121. The second-order valence-corrected chi connectivity index (χ2v) is 10.8. The third-order valence-electron chi connectivity index (χ3n) is 6.50. The Balaban J connectivity index is 1.35. The maximum Gasteiger partial charge on any atom is 0.253 e. The van der Waals surface area contributed by atoms with Crippen LogP contribution in [0.2, 0.25) is 5.02 Å². The fourth-order valence-corrected chi connectivity index (χ4v) is 6.48. The van der Waals surface area contributed by atoms with Gasteiger partial charge in [-0.25, -0.2) is 8.42 Å². The van der Waals surface area contributed by atoms with Gasteiger partial charge < -0.3 is 9.80 Å². The predicted octanol–water partition coefficient (Wildman–Crippen LogP) is 2.71. The van der Waals surface area contributed by atoms with E-state index in [1.807, 2.05) is 4.90 Å². The second-order valence-electron chi connectivity index (χ2n) is 8.44. The van der Waals surface area contributed by atoms with E-state index in [0.29, 0.717) is 48.0 Å². The van der Waals surface area contributed by atoms with Gasteiger partial charge in [-0.3, -0.25) is 9.59 Å². The third-order valence-corrected chi connectivity index (χ3v) is 8.63. The summed E-state index contributed by atoms with van der Waals surface area (Å²) in [5, 5.41) is 0.564. The first-order valence-corrected chi connectivity index (χ1v) is 12.7. The van der Waals surface area contributed by atoms with Gasteiger partial charge in [0, 0.05) is 49.7 Å². The Hall–Kier alpha value is -2.42. The van der Waals surface area contributed by atoms with Crippen LogP contribution in [-0.4, -0.2) is 62.2 Å². The molecule has 0 bridgehead atoms. The maximum absolute atomic E-state index is 13.4. The zero-order chi connectivity index (χ0) is 22.5. The molecule has 168 valence electrons. The van der Waals surface area contributed by atoms with E-state index >= 15 is 0 Å². The number of nitrogens with zero attached hydrogens (tertiary/aromatic N) is 3. The van der Waals surface area contributed by atoms with Crippen molar-refractivity contribution >= 4 is 39.1 Å². The lowest BCUT2D eigenvalue weighted by molar-refractivity contribution is -0.119. The normalized spacial score (nSPS) is 19.1. The highest BCUT2D eigenvalue weighted by Crippen LogP contribution is 2.38. The van der Waals surface area contributed by atoms with Crippen molar-refractivity contribution in [3.8, 4) is 0 Å². The number of hydrogen-bond acceptors (Lipinski definition) is 4. The molecule has 2 aromatic rings. The molecule has 3 heterocycles. The molecule has 0 aromatic heterocycles. The summed E-state index contributed by atoms with van der Waals surface area (Å²) in [6.07, 6.45) is 2.61. The molecule has 3 aliphatic rings. The van der Waals surface area contributed by atoms with Gasteiger partial charge in [0.1, 0.15) is 0 Å². The molecule has 1 fully saturated rings. The van der Waals surface area contributed by atoms with E-state index in [-0.39, 0.29) is 24.9 Å². The number of piperazine rings is 1. The Morgan fingerprint density at radius 3 is 2.22 bits per heavy atom. The number of amides is 2. The number of aryl methyl sites for hydroxylation is 2. The molecule has 7 nitrogen and oxygen atoms in total. The molecule has 0 N–H and O–H groups in total. The summed E-state index contributed by atoms with van der Waals surface area (Å²) in [7, 11) is -3.68. The van der Waals surface area contributed by atoms with E-state index in [0.717, 1.165) is 29.7 Å². The molecule has 0 atom stereocenters. The first-order chi connectivity index (χ1) is 15.3. The first kappa shape index (κ1) is 21.4. The number of halogens is 1. The van der Waals surface area contributed by atoms with Crippen molar-refractivity contribution in [2.24, 2.45) is 0 Å². The highest BCUT2D eigenvalue weighted by atomic mass is 35.5. The van der Waals surface area contributed by atoms with Gasteiger partial charge in [0.05, 0.1) is 10.6 Å². The number of carbonyl (C=O) groups excluding carboxylic acids is 2. The molecule has 0 aliphatic carbocycles. The average Bonchev–Trinajstić information content (AvgIpc) is 2.81. The highest BCUT2D eigenvalue weighted by molar-refractivity contribution is 7.89. The number of anilines is 1. The summed E-state index contributed by atoms with van der Waals surface area (Å²) in [6, 6.07) is 10.2. The van der Waals surface area contributed by atoms with Crippen LogP contribution in [-0.2, 0) is 27.7 Å². The van der Waals surface area contributed by atoms with Gasteiger partial charge in [-0.1, -0.05) is 11.6 Å². The SMILES string of the molecule is O=C(c1ccc(Cl)cc1)N1CCN(S(=O)(=O)c2cc3c4c(c2)CCC(=O)N4CCC3)CC1. The smallest absolute Gasteiger partial charge is 0.253 e. The number of rotatable bonds is 3. The van der Waals surface area contributed by atoms with Gasteiger partial charge in [-0.05, 0) is 66.8 Å². The largest absolute Gasteiger partial charge is 0.336 e. The van der Waals surface area contributed by atoms with Crippen LogP contribution in [0.5, 0.6) is 0 Å². The molecular formula is C23H24ClN3O4S. The summed E-state index contributed by atoms with van der Waals surface area (Å²) in [6.45, 7) is 1.87. The van der Waals surface area contributed by atoms with E-state index < -0.39 is 10.0 Å². The van der Waals surface area contributed by atoms with Gasteiger partial charge in [-0.2, -0.15) is 4.31 Å². The Bertz CT molecular complexity index is 1170. The molecule has 3 aliphatic heterocycles. The monoisotopic (exact) mass is 473 g/mol. The topological polar surface area (TPSA) is 78.0 Å². The molecule has 0 radical (unpaired) electrons. The van der Waals surface area contributed by atoms with Crippen LogP contribution in [0.3, 0.4) is 0 Å². The van der Waals surface area contributed by atoms with Gasteiger partial charge in [0.2, 0.25) is 15.9 Å². The second kappa shape index (κ2) is 8.17. The summed E-state index contributed by atoms with van der Waals surface area (Å²) < 4.78 is 28.3. The van der Waals surface area contributed by atoms with E-state index in [1.54, 1.807) is 41.3 Å². The Kier molecular flexibility index (Phi) is 5.47. The third kappa shape index (κ3) is 3.70. The molecule has 32 heavy (non-hydrogen) atoms. The summed E-state index contributed by atoms with van der Waals surface area (Å²) in [5.41, 5.74) is 3.34. The van der Waals surface area contributed by atoms with Crippen molar-refractivity contribution < 1.29 is 18.0 Å². The fraction of sp³-hybridized carbons (Fsp3) is 0.391. The van der Waals surface area contributed by atoms with Gasteiger partial charge in [0.25, 0.3) is 5.91 Å². The first-order valence-electron chi connectivity index (χ1n) is 10.9. The van der Waals surface area contributed by atoms with Crippen molar-refractivity contribution in [1.29, 1.82) is 0 Å². The van der Waals surface area contributed by atoms with Crippen molar-refractivity contribution in [3.63, 3.8) is 0 Å². The minimum Gasteiger partial charge on any atom is -0.336 e. The molecule has 2 aromatic carbocycles. The molecule has 1 saturated heterocycles. The number of sulfonamides is 1. The minimum atomic E-state index is -3.68. The Morgan fingerprint density at radius 1 is 0.875 bits per heavy atom. The Labute approximate surface area is 192 Å². The molecule has 5 rings (SSSR count). The van der Waals surface area contributed by atoms with Crippen molar-refractivity contribution in [2.75, 3.05) is 37.6 Å². The van der Waals surface area contributed by atoms with Crippen molar-refractivity contribution in [3.05, 3.63) is 58.1 Å². The summed E-state index contributed by atoms with van der Waals surface area (Å²) in [5.74, 6) is -0.00258. The van der Waals surface area contributed by atoms with Gasteiger partial charge in [-0.15, -0.1) is 0 Å². The zero-order valence-corrected chi connectivity index (χ0v) is 19.2. The molecule has 9 heteroatoms. The number of hydrogen-bond donors (Lipinski definition) is 0. The lowest BCUT2D eigenvalue weighted by atomic mass is 9.92. The van der Waals surface area contributed by atoms with Gasteiger partial charge >= 0.3 is 0 Å². The van der Waals surface area contributed by atoms with Crippen molar-refractivity contribution in [2.45, 2.75) is 30.6 Å². The van der Waals surface area contributed by atoms with Crippen LogP contribution in [0.15, 0.2) is 41.3 Å². The molecular weight excluding hydrogens is 450 g/mol. The molecule has 0 saturated carbocycles. The quantitative estimate of drug-likeness (QED) is 0.686. The summed E-state index contributed by atoms with van der Waals surface area (Å²) >= 11 is 5.90. The van der Waals surface area contributed by atoms with Crippen LogP contribution < -0.4 is 4.90 Å². The predicted molar refractivity (Wildman–Crippen MR) is 122 cm³/mol. The lowest BCUT2D eigenvalue weighted by Gasteiger charge is -2.37. The highest BCUT2D eigenvalue weighted by Gasteiger charge is 2.34. The van der Waals surface area contributed by atoms with E-state index in [1.165, 1.54) is 4.31 Å². The zero-order valence-electron chi connectivity index (χ0n) is 17.6. The van der Waals surface area contributed by atoms with Crippen LogP contribution in [0.25, 0.3) is 0 Å². The molecule has 0 unspecified atom stereocenters. The van der Waals surface area contributed by atoms with E-state index in [9.17, 15) is 18.0 Å². The Morgan fingerprint density at radius 2 is 1.53 bits per heavy atom. The van der Waals surface area contributed by atoms with Crippen LogP contribution in [0.4, 0.5) is 5.69 Å². The lowest BCUT2D eigenvalue weighted by Crippen LogP contribution is -2.50. The summed E-state index contributed by atoms with van der Waals surface area (Å²) in [4.78, 5) is 28.8. The van der Waals surface area contributed by atoms with Gasteiger partial charge in [0.15, 0.2) is 0 Å². The molecule has 0 spiro atoms. The number of benzene rings is 2. The van der Waals surface area contributed by atoms with Crippen LogP contribution in [0, 0.1) is 0 Å².